The molecule has 0 bridgehead atoms. The molecule has 0 saturated heterocycles. The van der Waals surface area contributed by atoms with Crippen molar-refractivity contribution in [2.45, 2.75) is 31.6 Å². The van der Waals surface area contributed by atoms with Crippen molar-refractivity contribution in [3.8, 4) is 0 Å². The van der Waals surface area contributed by atoms with Crippen molar-refractivity contribution in [2.24, 2.45) is 17.8 Å². The normalized spacial score (nSPS) is 32.7. The summed E-state index contributed by atoms with van der Waals surface area (Å²) in [6.45, 7) is 0.528. The van der Waals surface area contributed by atoms with E-state index in [1.807, 2.05) is 29.2 Å². The van der Waals surface area contributed by atoms with E-state index in [2.05, 4.69) is 0 Å². The van der Waals surface area contributed by atoms with E-state index >= 15 is 0 Å². The summed E-state index contributed by atoms with van der Waals surface area (Å²) < 4.78 is 0. The highest BCUT2D eigenvalue weighted by molar-refractivity contribution is 5.99. The van der Waals surface area contributed by atoms with Gasteiger partial charge in [-0.25, -0.2) is 0 Å². The second-order valence-electron chi connectivity index (χ2n) is 6.59. The minimum atomic E-state index is -0.799. The number of aliphatic carboxylic acids is 1. The van der Waals surface area contributed by atoms with Crippen LogP contribution in [-0.2, 0) is 9.59 Å². The molecule has 3 atom stereocenters. The van der Waals surface area contributed by atoms with Crippen LogP contribution in [0.5, 0.6) is 0 Å². The van der Waals surface area contributed by atoms with Gasteiger partial charge in [0.1, 0.15) is 0 Å². The molecule has 4 heteroatoms. The Balaban J connectivity index is 1.59. The zero-order chi connectivity index (χ0) is 14.6. The highest BCUT2D eigenvalue weighted by Crippen LogP contribution is 2.58. The van der Waals surface area contributed by atoms with Crippen molar-refractivity contribution in [1.82, 2.24) is 0 Å². The molecule has 2 aliphatic carbocycles. The summed E-state index contributed by atoms with van der Waals surface area (Å²) >= 11 is 0. The SMILES string of the molecule is O=C(O)CC1CN(C(=O)C2C3CCCC32)c2ccccc21. The predicted octanol–water partition coefficient (Wildman–Crippen LogP) is 2.64. The summed E-state index contributed by atoms with van der Waals surface area (Å²) in [5.41, 5.74) is 1.94. The number of anilines is 1. The van der Waals surface area contributed by atoms with Gasteiger partial charge in [0, 0.05) is 24.1 Å². The number of carbonyl (C=O) groups is 2. The lowest BCUT2D eigenvalue weighted by Gasteiger charge is -2.19. The van der Waals surface area contributed by atoms with Gasteiger partial charge in [-0.3, -0.25) is 9.59 Å². The zero-order valence-corrected chi connectivity index (χ0v) is 11.9. The van der Waals surface area contributed by atoms with Gasteiger partial charge in [-0.2, -0.15) is 0 Å². The Morgan fingerprint density at radius 3 is 2.62 bits per heavy atom. The molecule has 21 heavy (non-hydrogen) atoms. The molecule has 3 aliphatic rings. The fourth-order valence-electron chi connectivity index (χ4n) is 4.46. The third-order valence-electron chi connectivity index (χ3n) is 5.45. The molecule has 3 unspecified atom stereocenters. The number of amides is 1. The minimum absolute atomic E-state index is 0.0683. The largest absolute Gasteiger partial charge is 0.481 e. The molecule has 2 fully saturated rings. The van der Waals surface area contributed by atoms with Crippen molar-refractivity contribution in [2.75, 3.05) is 11.4 Å². The number of carboxylic acids is 1. The Bertz CT molecular complexity index is 602. The van der Waals surface area contributed by atoms with Gasteiger partial charge in [0.05, 0.1) is 6.42 Å². The minimum Gasteiger partial charge on any atom is -0.481 e. The molecular formula is C17H19NO3. The molecule has 1 amide bonds. The number of carboxylic acid groups (broad SMARTS) is 1. The van der Waals surface area contributed by atoms with E-state index in [1.54, 1.807) is 0 Å². The van der Waals surface area contributed by atoms with Crippen LogP contribution in [0.25, 0.3) is 0 Å². The molecule has 0 aromatic heterocycles. The van der Waals surface area contributed by atoms with Gasteiger partial charge in [-0.15, -0.1) is 0 Å². The van der Waals surface area contributed by atoms with E-state index in [4.69, 9.17) is 5.11 Å². The first-order chi connectivity index (χ1) is 10.2. The van der Waals surface area contributed by atoms with Crippen LogP contribution in [0.3, 0.4) is 0 Å². The molecule has 1 N–H and O–H groups in total. The average Bonchev–Trinajstić information content (AvgIpc) is 2.83. The first-order valence-corrected chi connectivity index (χ1v) is 7.79. The van der Waals surface area contributed by atoms with E-state index in [1.165, 1.54) is 19.3 Å². The fourth-order valence-corrected chi connectivity index (χ4v) is 4.46. The van der Waals surface area contributed by atoms with Crippen LogP contribution in [-0.4, -0.2) is 23.5 Å². The lowest BCUT2D eigenvalue weighted by atomic mass is 9.98. The molecule has 110 valence electrons. The second kappa shape index (κ2) is 4.58. The zero-order valence-electron chi connectivity index (χ0n) is 11.9. The fraction of sp³-hybridized carbons (Fsp3) is 0.529. The monoisotopic (exact) mass is 285 g/mol. The van der Waals surface area contributed by atoms with Crippen molar-refractivity contribution >= 4 is 17.6 Å². The van der Waals surface area contributed by atoms with Crippen molar-refractivity contribution in [1.29, 1.82) is 0 Å². The van der Waals surface area contributed by atoms with Crippen LogP contribution in [0.1, 0.15) is 37.2 Å². The topological polar surface area (TPSA) is 57.6 Å². The van der Waals surface area contributed by atoms with Crippen molar-refractivity contribution in [3.63, 3.8) is 0 Å². The first-order valence-electron chi connectivity index (χ1n) is 7.79. The maximum absolute atomic E-state index is 12.8. The maximum Gasteiger partial charge on any atom is 0.304 e. The second-order valence-corrected chi connectivity index (χ2v) is 6.59. The Kier molecular flexibility index (Phi) is 2.81. The highest BCUT2D eigenvalue weighted by atomic mass is 16.4. The van der Waals surface area contributed by atoms with Crippen molar-refractivity contribution < 1.29 is 14.7 Å². The van der Waals surface area contributed by atoms with Crippen LogP contribution in [0.2, 0.25) is 0 Å². The Morgan fingerprint density at radius 2 is 1.90 bits per heavy atom. The van der Waals surface area contributed by atoms with Gasteiger partial charge in [0.2, 0.25) is 5.91 Å². The lowest BCUT2D eigenvalue weighted by molar-refractivity contribution is -0.137. The number of fused-ring (bicyclic) bond motifs is 2. The number of nitrogens with zero attached hydrogens (tertiary/aromatic N) is 1. The molecule has 1 aliphatic heterocycles. The molecular weight excluding hydrogens is 266 g/mol. The third-order valence-corrected chi connectivity index (χ3v) is 5.45. The Morgan fingerprint density at radius 1 is 1.19 bits per heavy atom. The van der Waals surface area contributed by atoms with Crippen LogP contribution in [0, 0.1) is 17.8 Å². The van der Waals surface area contributed by atoms with Gasteiger partial charge in [-0.05, 0) is 36.3 Å². The molecule has 1 aromatic rings. The first kappa shape index (κ1) is 12.9. The summed E-state index contributed by atoms with van der Waals surface area (Å²) in [7, 11) is 0. The highest BCUT2D eigenvalue weighted by Gasteiger charge is 2.58. The van der Waals surface area contributed by atoms with E-state index in [-0.39, 0.29) is 24.2 Å². The molecule has 1 aromatic carbocycles. The van der Waals surface area contributed by atoms with E-state index in [0.717, 1.165) is 11.3 Å². The van der Waals surface area contributed by atoms with Crippen LogP contribution in [0.15, 0.2) is 24.3 Å². The van der Waals surface area contributed by atoms with Crippen molar-refractivity contribution in [3.05, 3.63) is 29.8 Å². The average molecular weight is 285 g/mol. The predicted molar refractivity (Wildman–Crippen MR) is 78.1 cm³/mol. The summed E-state index contributed by atoms with van der Waals surface area (Å²) in [5.74, 6) is 0.764. The maximum atomic E-state index is 12.8. The van der Waals surface area contributed by atoms with E-state index < -0.39 is 5.97 Å². The number of para-hydroxylation sites is 1. The summed E-state index contributed by atoms with van der Waals surface area (Å²) in [5, 5.41) is 9.07. The molecule has 0 radical (unpaired) electrons. The van der Waals surface area contributed by atoms with E-state index in [0.29, 0.717) is 18.4 Å². The van der Waals surface area contributed by atoms with Gasteiger partial charge in [0.25, 0.3) is 0 Å². The smallest absolute Gasteiger partial charge is 0.304 e. The molecule has 0 spiro atoms. The summed E-state index contributed by atoms with van der Waals surface area (Å²) in [4.78, 5) is 25.7. The number of rotatable bonds is 3. The number of benzene rings is 1. The summed E-state index contributed by atoms with van der Waals surface area (Å²) in [6, 6.07) is 7.76. The number of carbonyl (C=O) groups excluding carboxylic acids is 1. The molecule has 4 rings (SSSR count). The van der Waals surface area contributed by atoms with Crippen LogP contribution < -0.4 is 4.90 Å². The molecule has 2 saturated carbocycles. The Hall–Kier alpha value is -1.84. The molecule has 4 nitrogen and oxygen atoms in total. The number of hydrogen-bond acceptors (Lipinski definition) is 2. The van der Waals surface area contributed by atoms with Crippen LogP contribution >= 0.6 is 0 Å². The Labute approximate surface area is 123 Å². The van der Waals surface area contributed by atoms with Gasteiger partial charge in [-0.1, -0.05) is 24.6 Å². The lowest BCUT2D eigenvalue weighted by Crippen LogP contribution is -2.32. The third kappa shape index (κ3) is 1.96. The quantitative estimate of drug-likeness (QED) is 0.928. The van der Waals surface area contributed by atoms with Gasteiger partial charge in [0.15, 0.2) is 0 Å². The number of hydrogen-bond donors (Lipinski definition) is 1. The van der Waals surface area contributed by atoms with E-state index in [9.17, 15) is 9.59 Å². The standard InChI is InChI=1S/C17H19NO3/c19-15(20)8-10-9-18(14-7-2-1-4-11(10)14)17(21)16-12-5-3-6-13(12)16/h1-2,4,7,10,12-13,16H,3,5-6,8-9H2,(H,19,20). The van der Waals surface area contributed by atoms with Gasteiger partial charge >= 0.3 is 5.97 Å². The molecule has 1 heterocycles. The van der Waals surface area contributed by atoms with Gasteiger partial charge < -0.3 is 10.0 Å². The van der Waals surface area contributed by atoms with Crippen LogP contribution in [0.4, 0.5) is 5.69 Å². The summed E-state index contributed by atoms with van der Waals surface area (Å²) in [6.07, 6.45) is 3.74.